The predicted molar refractivity (Wildman–Crippen MR) is 101 cm³/mol. The van der Waals surface area contributed by atoms with E-state index in [1.807, 2.05) is 30.3 Å². The fraction of sp³-hybridized carbons (Fsp3) is 0.409. The van der Waals surface area contributed by atoms with Crippen LogP contribution in [0.3, 0.4) is 0 Å². The molecule has 1 amide bonds. The van der Waals surface area contributed by atoms with Gasteiger partial charge in [-0.3, -0.25) is 4.79 Å². The summed E-state index contributed by atoms with van der Waals surface area (Å²) in [6, 6.07) is 18.4. The normalized spacial score (nSPS) is 15.7. The highest BCUT2D eigenvalue weighted by molar-refractivity contribution is 5.88. The number of amides is 1. The zero-order chi connectivity index (χ0) is 17.5. The molecule has 3 rings (SSSR count). The maximum absolute atomic E-state index is 12.9. The molecule has 1 N–H and O–H groups in total. The Balaban J connectivity index is 1.54. The molecular formula is C22H27NO2. The third-order valence-electron chi connectivity index (χ3n) is 5.30. The Labute approximate surface area is 150 Å². The van der Waals surface area contributed by atoms with Crippen LogP contribution in [0.15, 0.2) is 54.6 Å². The van der Waals surface area contributed by atoms with Gasteiger partial charge in [-0.1, -0.05) is 55.3 Å². The Bertz CT molecular complexity index is 673. The van der Waals surface area contributed by atoms with Crippen molar-refractivity contribution < 1.29 is 9.53 Å². The fourth-order valence-electron chi connectivity index (χ4n) is 3.84. The molecule has 1 aliphatic carbocycles. The summed E-state index contributed by atoms with van der Waals surface area (Å²) in [5, 5.41) is 3.19. The van der Waals surface area contributed by atoms with Crippen LogP contribution in [0.5, 0.6) is 5.75 Å². The lowest BCUT2D eigenvalue weighted by Crippen LogP contribution is -2.43. The van der Waals surface area contributed by atoms with Crippen molar-refractivity contribution in [2.45, 2.75) is 43.9 Å². The summed E-state index contributed by atoms with van der Waals surface area (Å²) in [6.45, 7) is 0.722. The van der Waals surface area contributed by atoms with E-state index in [0.717, 1.165) is 50.8 Å². The number of carbonyl (C=O) groups is 1. The monoisotopic (exact) mass is 337 g/mol. The zero-order valence-corrected chi connectivity index (χ0v) is 15.0. The first-order chi connectivity index (χ1) is 12.2. The molecule has 1 fully saturated rings. The van der Waals surface area contributed by atoms with Gasteiger partial charge in [0.2, 0.25) is 5.91 Å². The summed E-state index contributed by atoms with van der Waals surface area (Å²) >= 11 is 0. The van der Waals surface area contributed by atoms with Crippen molar-refractivity contribution in [3.63, 3.8) is 0 Å². The predicted octanol–water partition coefficient (Wildman–Crippen LogP) is 4.26. The summed E-state index contributed by atoms with van der Waals surface area (Å²) in [5.41, 5.74) is 2.12. The number of ether oxygens (including phenoxy) is 1. The number of benzene rings is 2. The number of nitrogens with one attached hydrogen (secondary N) is 1. The first-order valence-corrected chi connectivity index (χ1v) is 9.21. The Morgan fingerprint density at radius 1 is 1.04 bits per heavy atom. The molecule has 2 aromatic carbocycles. The van der Waals surface area contributed by atoms with Crippen LogP contribution < -0.4 is 10.1 Å². The van der Waals surface area contributed by atoms with Crippen LogP contribution in [0.1, 0.15) is 43.2 Å². The molecule has 0 aromatic heterocycles. The maximum Gasteiger partial charge on any atom is 0.230 e. The minimum Gasteiger partial charge on any atom is -0.497 e. The van der Waals surface area contributed by atoms with E-state index in [-0.39, 0.29) is 11.3 Å². The lowest BCUT2D eigenvalue weighted by Gasteiger charge is -2.28. The van der Waals surface area contributed by atoms with Gasteiger partial charge in [-0.25, -0.2) is 0 Å². The molecule has 2 aromatic rings. The van der Waals surface area contributed by atoms with Crippen molar-refractivity contribution in [2.24, 2.45) is 0 Å². The largest absolute Gasteiger partial charge is 0.497 e. The van der Waals surface area contributed by atoms with Crippen LogP contribution in [-0.4, -0.2) is 19.6 Å². The zero-order valence-electron chi connectivity index (χ0n) is 15.0. The van der Waals surface area contributed by atoms with Gasteiger partial charge in [0.15, 0.2) is 0 Å². The average molecular weight is 337 g/mol. The van der Waals surface area contributed by atoms with Gasteiger partial charge >= 0.3 is 0 Å². The van der Waals surface area contributed by atoms with Crippen LogP contribution in [0.4, 0.5) is 0 Å². The first kappa shape index (κ1) is 17.5. The smallest absolute Gasteiger partial charge is 0.230 e. The Morgan fingerprint density at radius 3 is 2.36 bits per heavy atom. The number of hydrogen-bond donors (Lipinski definition) is 1. The molecule has 3 nitrogen and oxygen atoms in total. The fourth-order valence-corrected chi connectivity index (χ4v) is 3.84. The number of carbonyl (C=O) groups excluding carboxylic acids is 1. The van der Waals surface area contributed by atoms with E-state index in [9.17, 15) is 4.79 Å². The molecule has 0 unspecified atom stereocenters. The second-order valence-corrected chi connectivity index (χ2v) is 6.86. The Morgan fingerprint density at radius 2 is 1.72 bits per heavy atom. The van der Waals surface area contributed by atoms with Crippen molar-refractivity contribution in [2.75, 3.05) is 13.7 Å². The number of rotatable bonds is 7. The van der Waals surface area contributed by atoms with Crippen molar-refractivity contribution in [3.8, 4) is 5.75 Å². The summed E-state index contributed by atoms with van der Waals surface area (Å²) in [6.07, 6.45) is 6.09. The van der Waals surface area contributed by atoms with Crippen LogP contribution in [0.25, 0.3) is 0 Å². The van der Waals surface area contributed by atoms with Crippen LogP contribution >= 0.6 is 0 Å². The molecule has 0 atom stereocenters. The lowest BCUT2D eigenvalue weighted by molar-refractivity contribution is -0.126. The van der Waals surface area contributed by atoms with Gasteiger partial charge in [0.05, 0.1) is 12.5 Å². The van der Waals surface area contributed by atoms with Crippen LogP contribution in [-0.2, 0) is 16.6 Å². The van der Waals surface area contributed by atoms with E-state index < -0.39 is 0 Å². The molecule has 1 aliphatic rings. The summed E-state index contributed by atoms with van der Waals surface area (Å²) in [5.74, 6) is 1.08. The maximum atomic E-state index is 12.9. The number of aryl methyl sites for hydroxylation is 1. The first-order valence-electron chi connectivity index (χ1n) is 9.21. The lowest BCUT2D eigenvalue weighted by atomic mass is 9.78. The summed E-state index contributed by atoms with van der Waals surface area (Å²) in [4.78, 5) is 12.9. The minimum absolute atomic E-state index is 0.200. The van der Waals surface area contributed by atoms with E-state index >= 15 is 0 Å². The van der Waals surface area contributed by atoms with E-state index in [4.69, 9.17) is 4.74 Å². The third-order valence-corrected chi connectivity index (χ3v) is 5.30. The molecule has 1 saturated carbocycles. The highest BCUT2D eigenvalue weighted by atomic mass is 16.5. The molecule has 0 heterocycles. The van der Waals surface area contributed by atoms with Gasteiger partial charge in [-0.2, -0.15) is 0 Å². The molecule has 0 aliphatic heterocycles. The molecule has 0 bridgehead atoms. The summed E-state index contributed by atoms with van der Waals surface area (Å²) < 4.78 is 5.18. The molecule has 132 valence electrons. The van der Waals surface area contributed by atoms with Crippen molar-refractivity contribution >= 4 is 5.91 Å². The van der Waals surface area contributed by atoms with Gasteiger partial charge in [-0.05, 0) is 48.9 Å². The van der Waals surface area contributed by atoms with Gasteiger partial charge in [0.25, 0.3) is 0 Å². The van der Waals surface area contributed by atoms with Gasteiger partial charge in [0, 0.05) is 6.54 Å². The quantitative estimate of drug-likeness (QED) is 0.767. The molecule has 0 radical (unpaired) electrons. The van der Waals surface area contributed by atoms with E-state index in [1.165, 1.54) is 11.1 Å². The minimum atomic E-state index is -0.318. The molecule has 25 heavy (non-hydrogen) atoms. The molecule has 0 saturated heterocycles. The van der Waals surface area contributed by atoms with Crippen molar-refractivity contribution in [1.82, 2.24) is 5.32 Å². The van der Waals surface area contributed by atoms with E-state index in [0.29, 0.717) is 0 Å². The van der Waals surface area contributed by atoms with Crippen LogP contribution in [0, 0.1) is 0 Å². The molecule has 3 heteroatoms. The Kier molecular flexibility index (Phi) is 5.75. The standard InChI is InChI=1S/C22H27NO2/c1-25-20-13-11-18(12-14-20)8-7-17-23-21(24)22(15-5-6-16-22)19-9-3-2-4-10-19/h2-4,9-14H,5-8,15-17H2,1H3,(H,23,24). The van der Waals surface area contributed by atoms with Gasteiger partial charge < -0.3 is 10.1 Å². The molecular weight excluding hydrogens is 310 g/mol. The highest BCUT2D eigenvalue weighted by Gasteiger charge is 2.42. The average Bonchev–Trinajstić information content (AvgIpc) is 3.17. The second kappa shape index (κ2) is 8.19. The van der Waals surface area contributed by atoms with Gasteiger partial charge in [-0.15, -0.1) is 0 Å². The third kappa shape index (κ3) is 4.04. The van der Waals surface area contributed by atoms with Gasteiger partial charge in [0.1, 0.15) is 5.75 Å². The topological polar surface area (TPSA) is 38.3 Å². The molecule has 0 spiro atoms. The van der Waals surface area contributed by atoms with E-state index in [2.05, 4.69) is 29.6 Å². The number of hydrogen-bond acceptors (Lipinski definition) is 2. The van der Waals surface area contributed by atoms with E-state index in [1.54, 1.807) is 7.11 Å². The van der Waals surface area contributed by atoms with Crippen molar-refractivity contribution in [1.29, 1.82) is 0 Å². The summed E-state index contributed by atoms with van der Waals surface area (Å²) in [7, 11) is 1.68. The highest BCUT2D eigenvalue weighted by Crippen LogP contribution is 2.41. The SMILES string of the molecule is COc1ccc(CCCNC(=O)C2(c3ccccc3)CCCC2)cc1. The Hall–Kier alpha value is -2.29. The van der Waals surface area contributed by atoms with Crippen LogP contribution in [0.2, 0.25) is 0 Å². The number of methoxy groups -OCH3 is 1. The van der Waals surface area contributed by atoms with Crippen molar-refractivity contribution in [3.05, 3.63) is 65.7 Å². The second-order valence-electron chi connectivity index (χ2n) is 6.86.